The van der Waals surface area contributed by atoms with E-state index in [0.29, 0.717) is 72.0 Å². The first-order valence-corrected chi connectivity index (χ1v) is 17.5. The Balaban J connectivity index is 1.44. The summed E-state index contributed by atoms with van der Waals surface area (Å²) in [7, 11) is 0. The molecule has 1 N–H and O–H groups in total. The number of nitrogens with zero attached hydrogens (tertiary/aromatic N) is 1. The van der Waals surface area contributed by atoms with E-state index in [2.05, 4.69) is 50.0 Å². The molecule has 0 aromatic heterocycles. The predicted molar refractivity (Wildman–Crippen MR) is 193 cm³/mol. The molecular weight excluding hydrogens is 659 g/mol. The third kappa shape index (κ3) is 7.29. The van der Waals surface area contributed by atoms with Gasteiger partial charge in [-0.3, -0.25) is 14.4 Å². The zero-order valence-electron chi connectivity index (χ0n) is 28.6. The van der Waals surface area contributed by atoms with Crippen molar-refractivity contribution in [2.24, 2.45) is 10.8 Å². The number of Topliss-reactive ketones (excluding diaryl/α,β-unsaturated/α-hetero) is 2. The molecule has 0 unspecified atom stereocenters. The van der Waals surface area contributed by atoms with Crippen LogP contribution in [0.1, 0.15) is 77.3 Å². The van der Waals surface area contributed by atoms with Gasteiger partial charge in [-0.05, 0) is 66.0 Å². The third-order valence-electron chi connectivity index (χ3n) is 9.37. The van der Waals surface area contributed by atoms with Crippen molar-refractivity contribution in [3.63, 3.8) is 0 Å². The van der Waals surface area contributed by atoms with Crippen molar-refractivity contribution < 1.29 is 23.9 Å². The van der Waals surface area contributed by atoms with E-state index in [1.165, 1.54) is 0 Å². The van der Waals surface area contributed by atoms with Crippen molar-refractivity contribution in [1.82, 2.24) is 4.90 Å². The van der Waals surface area contributed by atoms with Crippen LogP contribution in [-0.4, -0.2) is 35.6 Å². The SMILES string of the molecule is CCOc1cc(C2C3=C(CC(C)(C)CC3=O)N(Cc3ccccc3)C3=C2C(=O)CC(C)(C)C3)cc(Cl)c1OCC(=O)Nc1ccccc1Cl. The normalized spacial score (nSPS) is 18.6. The Hall–Kier alpha value is -4.07. The second-order valence-electron chi connectivity index (χ2n) is 14.7. The number of ether oxygens (including phenoxy) is 2. The summed E-state index contributed by atoms with van der Waals surface area (Å²) < 4.78 is 12.0. The number of anilines is 1. The van der Waals surface area contributed by atoms with Gasteiger partial charge < -0.3 is 19.7 Å². The first kappa shape index (κ1) is 34.8. The fourth-order valence-electron chi connectivity index (χ4n) is 7.38. The molecule has 1 amide bonds. The van der Waals surface area contributed by atoms with Gasteiger partial charge in [-0.15, -0.1) is 0 Å². The van der Waals surface area contributed by atoms with Crippen molar-refractivity contribution >= 4 is 46.4 Å². The molecule has 1 heterocycles. The number of hydrogen-bond donors (Lipinski definition) is 1. The van der Waals surface area contributed by atoms with E-state index in [0.717, 1.165) is 17.0 Å². The molecule has 3 aromatic rings. The molecule has 1 aliphatic heterocycles. The van der Waals surface area contributed by atoms with Crippen LogP contribution in [0.25, 0.3) is 0 Å². The monoisotopic (exact) mass is 700 g/mol. The summed E-state index contributed by atoms with van der Waals surface area (Å²) >= 11 is 13.1. The standard InChI is InChI=1S/C40H42Cl2N2O5/c1-6-48-33-17-25(16-27(42)38(33)49-23-34(47)43-28-15-11-10-14-26(28)41)35-36-29(18-39(2,3)20-31(36)45)44(22-24-12-8-7-9-13-24)30-19-40(4,5)21-32(46)37(30)35/h7-17,35H,6,18-23H2,1-5H3,(H,43,47). The van der Waals surface area contributed by atoms with E-state index in [4.69, 9.17) is 32.7 Å². The van der Waals surface area contributed by atoms with E-state index in [-0.39, 0.29) is 39.8 Å². The number of hydrogen-bond acceptors (Lipinski definition) is 6. The molecule has 0 atom stereocenters. The minimum Gasteiger partial charge on any atom is -0.490 e. The van der Waals surface area contributed by atoms with Gasteiger partial charge in [-0.25, -0.2) is 0 Å². The minimum atomic E-state index is -0.612. The summed E-state index contributed by atoms with van der Waals surface area (Å²) in [6.07, 6.45) is 2.13. The molecule has 0 radical (unpaired) electrons. The molecule has 3 aromatic carbocycles. The molecule has 0 saturated heterocycles. The summed E-state index contributed by atoms with van der Waals surface area (Å²) in [5.41, 5.74) is 4.97. The van der Waals surface area contributed by atoms with Crippen LogP contribution in [0.15, 0.2) is 89.3 Å². The number of amides is 1. The van der Waals surface area contributed by atoms with Crippen LogP contribution in [0.5, 0.6) is 11.5 Å². The Morgan fingerprint density at radius 3 is 2.00 bits per heavy atom. The van der Waals surface area contributed by atoms with E-state index in [1.807, 2.05) is 31.2 Å². The Kier molecular flexibility index (Phi) is 9.71. The molecule has 256 valence electrons. The van der Waals surface area contributed by atoms with Crippen molar-refractivity contribution in [3.05, 3.63) is 110 Å². The molecule has 0 bridgehead atoms. The maximum absolute atomic E-state index is 14.3. The average molecular weight is 702 g/mol. The summed E-state index contributed by atoms with van der Waals surface area (Å²) in [6.45, 7) is 10.9. The Labute approximate surface area is 298 Å². The van der Waals surface area contributed by atoms with E-state index in [1.54, 1.807) is 30.3 Å². The van der Waals surface area contributed by atoms with Gasteiger partial charge in [-0.1, -0.05) is 93.4 Å². The van der Waals surface area contributed by atoms with Crippen LogP contribution >= 0.6 is 23.2 Å². The number of rotatable bonds is 9. The predicted octanol–water partition coefficient (Wildman–Crippen LogP) is 9.30. The first-order valence-electron chi connectivity index (χ1n) is 16.7. The second kappa shape index (κ2) is 13.7. The number of benzene rings is 3. The number of carbonyl (C=O) groups excluding carboxylic acids is 3. The van der Waals surface area contributed by atoms with Crippen molar-refractivity contribution in [2.75, 3.05) is 18.5 Å². The zero-order chi connectivity index (χ0) is 35.1. The van der Waals surface area contributed by atoms with Crippen LogP contribution in [0.2, 0.25) is 10.0 Å². The van der Waals surface area contributed by atoms with Gasteiger partial charge in [0.05, 0.1) is 22.3 Å². The van der Waals surface area contributed by atoms with Gasteiger partial charge in [0.25, 0.3) is 5.91 Å². The summed E-state index contributed by atoms with van der Waals surface area (Å²) in [5, 5.41) is 3.38. The largest absolute Gasteiger partial charge is 0.490 e. The number of para-hydroxylation sites is 1. The van der Waals surface area contributed by atoms with E-state index >= 15 is 0 Å². The number of carbonyl (C=O) groups is 3. The van der Waals surface area contributed by atoms with E-state index < -0.39 is 11.8 Å². The number of ketones is 2. The lowest BCUT2D eigenvalue weighted by Crippen LogP contribution is -2.44. The Morgan fingerprint density at radius 1 is 0.816 bits per heavy atom. The van der Waals surface area contributed by atoms with Gasteiger partial charge in [0.15, 0.2) is 29.7 Å². The van der Waals surface area contributed by atoms with Gasteiger partial charge in [-0.2, -0.15) is 0 Å². The smallest absolute Gasteiger partial charge is 0.262 e. The Bertz CT molecular complexity index is 1820. The maximum Gasteiger partial charge on any atom is 0.262 e. The highest BCUT2D eigenvalue weighted by atomic mass is 35.5. The van der Waals surface area contributed by atoms with Gasteiger partial charge >= 0.3 is 0 Å². The van der Waals surface area contributed by atoms with Gasteiger partial charge in [0, 0.05) is 47.8 Å². The molecule has 0 spiro atoms. The number of allylic oxidation sites excluding steroid dienone is 4. The highest BCUT2D eigenvalue weighted by molar-refractivity contribution is 6.33. The Morgan fingerprint density at radius 2 is 1.41 bits per heavy atom. The van der Waals surface area contributed by atoms with Crippen LogP contribution in [-0.2, 0) is 20.9 Å². The molecular formula is C40H42Cl2N2O5. The first-order chi connectivity index (χ1) is 23.3. The quantitative estimate of drug-likeness (QED) is 0.240. The highest BCUT2D eigenvalue weighted by Gasteiger charge is 2.49. The zero-order valence-corrected chi connectivity index (χ0v) is 30.1. The van der Waals surface area contributed by atoms with Crippen molar-refractivity contribution in [2.45, 2.75) is 72.8 Å². The van der Waals surface area contributed by atoms with Gasteiger partial charge in [0.2, 0.25) is 0 Å². The summed E-state index contributed by atoms with van der Waals surface area (Å²) in [6, 6.07) is 20.7. The lowest BCUT2D eigenvalue weighted by Gasteiger charge is -2.49. The average Bonchev–Trinajstić information content (AvgIpc) is 3.02. The fourth-order valence-corrected chi connectivity index (χ4v) is 7.84. The van der Waals surface area contributed by atoms with Crippen LogP contribution in [0.3, 0.4) is 0 Å². The molecule has 9 heteroatoms. The number of halogens is 2. The van der Waals surface area contributed by atoms with Crippen LogP contribution in [0, 0.1) is 10.8 Å². The lowest BCUT2D eigenvalue weighted by atomic mass is 9.63. The molecule has 2 aliphatic carbocycles. The molecule has 49 heavy (non-hydrogen) atoms. The summed E-state index contributed by atoms with van der Waals surface area (Å²) in [4.78, 5) is 43.6. The minimum absolute atomic E-state index is 0.0316. The van der Waals surface area contributed by atoms with Crippen LogP contribution in [0.4, 0.5) is 5.69 Å². The fraction of sp³-hybridized carbons (Fsp3) is 0.375. The van der Waals surface area contributed by atoms with Crippen molar-refractivity contribution in [1.29, 1.82) is 0 Å². The number of nitrogens with one attached hydrogen (secondary N) is 1. The maximum atomic E-state index is 14.3. The lowest BCUT2D eigenvalue weighted by molar-refractivity contribution is -0.120. The second-order valence-corrected chi connectivity index (χ2v) is 15.5. The van der Waals surface area contributed by atoms with Gasteiger partial charge in [0.1, 0.15) is 0 Å². The topological polar surface area (TPSA) is 84.9 Å². The molecule has 7 nitrogen and oxygen atoms in total. The van der Waals surface area contributed by atoms with Crippen LogP contribution < -0.4 is 14.8 Å². The molecule has 0 fully saturated rings. The molecule has 0 saturated carbocycles. The third-order valence-corrected chi connectivity index (χ3v) is 9.98. The molecule has 6 rings (SSSR count). The molecule has 3 aliphatic rings. The summed E-state index contributed by atoms with van der Waals surface area (Å²) in [5.74, 6) is -0.429. The highest BCUT2D eigenvalue weighted by Crippen LogP contribution is 2.55. The van der Waals surface area contributed by atoms with E-state index in [9.17, 15) is 14.4 Å². The van der Waals surface area contributed by atoms with Crippen molar-refractivity contribution in [3.8, 4) is 11.5 Å².